The Morgan fingerprint density at radius 1 is 0.635 bits per heavy atom. The van der Waals surface area contributed by atoms with Crippen LogP contribution in [0.3, 0.4) is 0 Å². The summed E-state index contributed by atoms with van der Waals surface area (Å²) in [7, 11) is 3.56. The number of carbonyl (C=O) groups excluding carboxylic acids is 2. The molecule has 0 amide bonds. The molecule has 334 valence electrons. The first-order valence-electron chi connectivity index (χ1n) is 21.2. The van der Waals surface area contributed by atoms with Crippen molar-refractivity contribution in [3.05, 3.63) is 125 Å². The van der Waals surface area contributed by atoms with Crippen LogP contribution < -0.4 is 0 Å². The summed E-state index contributed by atoms with van der Waals surface area (Å²) in [4.78, 5) is 39.2. The van der Waals surface area contributed by atoms with Gasteiger partial charge in [0.05, 0.1) is 36.9 Å². The number of piperidine rings is 1. The maximum absolute atomic E-state index is 15.5. The molecule has 2 fully saturated rings. The zero-order chi connectivity index (χ0) is 44.6. The van der Waals surface area contributed by atoms with Gasteiger partial charge in [-0.05, 0) is 99.4 Å². The van der Waals surface area contributed by atoms with Gasteiger partial charge in [0.15, 0.2) is 23.2 Å². The van der Waals surface area contributed by atoms with Crippen molar-refractivity contribution in [3.63, 3.8) is 0 Å². The highest BCUT2D eigenvalue weighted by Gasteiger charge is 2.24. The number of aryl methyl sites for hydroxylation is 2. The number of likely N-dealkylation sites (tertiary alicyclic amines) is 2. The number of Topliss-reactive ketones (excluding diaryl/α,β-unsaturated/α-hetero) is 2. The van der Waals surface area contributed by atoms with Crippen molar-refractivity contribution >= 4 is 88.7 Å². The Bertz CT molecular complexity index is 2590. The minimum atomic E-state index is -0.488. The zero-order valence-corrected chi connectivity index (χ0v) is 40.1. The minimum absolute atomic E-state index is 0.0856. The molecule has 16 heteroatoms. The molecule has 8 rings (SSSR count). The molecule has 10 nitrogen and oxygen atoms in total. The predicted octanol–water partition coefficient (Wildman–Crippen LogP) is 10.4. The molecule has 4 heterocycles. The molecule has 0 spiro atoms. The molecular formula is C47H50Br2Cl2F2N6O4. The Morgan fingerprint density at radius 2 is 1.03 bits per heavy atom. The normalized spacial score (nSPS) is 14.7. The van der Waals surface area contributed by atoms with Gasteiger partial charge < -0.3 is 28.4 Å². The number of ether oxygens (including phenoxy) is 2. The Labute approximate surface area is 393 Å². The lowest BCUT2D eigenvalue weighted by Gasteiger charge is -2.26. The average Bonchev–Trinajstić information content (AvgIpc) is 4.03. The van der Waals surface area contributed by atoms with Crippen LogP contribution in [0.25, 0.3) is 22.1 Å². The van der Waals surface area contributed by atoms with E-state index in [9.17, 15) is 9.59 Å². The smallest absolute Gasteiger partial charge is 0.188 e. The Kier molecular flexibility index (Phi) is 16.6. The second-order valence-electron chi connectivity index (χ2n) is 16.1. The maximum Gasteiger partial charge on any atom is 0.188 e. The molecule has 0 saturated carbocycles. The van der Waals surface area contributed by atoms with Crippen molar-refractivity contribution in [1.29, 1.82) is 0 Å². The van der Waals surface area contributed by atoms with Gasteiger partial charge in [-0.1, -0.05) is 73.6 Å². The summed E-state index contributed by atoms with van der Waals surface area (Å²) in [5, 5.41) is 1.02. The van der Waals surface area contributed by atoms with Gasteiger partial charge in [0, 0.05) is 81.3 Å². The van der Waals surface area contributed by atoms with Gasteiger partial charge in [0.1, 0.15) is 24.2 Å². The van der Waals surface area contributed by atoms with E-state index in [1.165, 1.54) is 32.1 Å². The van der Waals surface area contributed by atoms with Crippen LogP contribution in [0.15, 0.2) is 70.1 Å². The number of hydrogen-bond acceptors (Lipinski definition) is 8. The molecule has 6 aromatic rings. The number of imidazole rings is 2. The summed E-state index contributed by atoms with van der Waals surface area (Å²) in [5.41, 5.74) is 4.34. The van der Waals surface area contributed by atoms with Gasteiger partial charge in [0.25, 0.3) is 0 Å². The molecule has 0 unspecified atom stereocenters. The molecule has 0 aliphatic carbocycles. The Morgan fingerprint density at radius 3 is 1.43 bits per heavy atom. The highest BCUT2D eigenvalue weighted by Crippen LogP contribution is 2.32. The fraction of sp³-hybridized carbons (Fsp3) is 0.404. The van der Waals surface area contributed by atoms with E-state index in [1.54, 1.807) is 60.1 Å². The first-order chi connectivity index (χ1) is 30.4. The third-order valence-electron chi connectivity index (χ3n) is 11.7. The van der Waals surface area contributed by atoms with Gasteiger partial charge >= 0.3 is 0 Å². The highest BCUT2D eigenvalue weighted by molar-refractivity contribution is 9.10. The van der Waals surface area contributed by atoms with Crippen molar-refractivity contribution in [2.45, 2.75) is 44.9 Å². The number of benzene rings is 4. The minimum Gasteiger partial charge on any atom is -0.372 e. The molecule has 2 saturated heterocycles. The lowest BCUT2D eigenvalue weighted by Crippen LogP contribution is -2.33. The van der Waals surface area contributed by atoms with Crippen LogP contribution >= 0.6 is 55.1 Å². The first-order valence-corrected chi connectivity index (χ1v) is 23.5. The van der Waals surface area contributed by atoms with Crippen molar-refractivity contribution in [2.24, 2.45) is 14.1 Å². The summed E-state index contributed by atoms with van der Waals surface area (Å²) in [5.74, 6) is -1.46. The molecule has 0 N–H and O–H groups in total. The lowest BCUT2D eigenvalue weighted by molar-refractivity contribution is 0.0681. The van der Waals surface area contributed by atoms with E-state index in [-0.39, 0.29) is 48.7 Å². The highest BCUT2D eigenvalue weighted by atomic mass is 79.9. The molecule has 0 bridgehead atoms. The van der Waals surface area contributed by atoms with Crippen LogP contribution in [0.5, 0.6) is 0 Å². The lowest BCUT2D eigenvalue weighted by atomic mass is 9.95. The van der Waals surface area contributed by atoms with Crippen LogP contribution in [-0.4, -0.2) is 106 Å². The molecule has 63 heavy (non-hydrogen) atoms. The van der Waals surface area contributed by atoms with Crippen LogP contribution in [0.1, 0.15) is 75.1 Å². The number of fused-ring (bicyclic) bond motifs is 2. The predicted molar refractivity (Wildman–Crippen MR) is 252 cm³/mol. The van der Waals surface area contributed by atoms with Gasteiger partial charge in [-0.15, -0.1) is 0 Å². The molecule has 2 aliphatic rings. The summed E-state index contributed by atoms with van der Waals surface area (Å²) in [6.45, 7) is 6.74. The molecular weight excluding hydrogens is 981 g/mol. The van der Waals surface area contributed by atoms with Crippen molar-refractivity contribution in [1.82, 2.24) is 28.9 Å². The summed E-state index contributed by atoms with van der Waals surface area (Å²) in [6, 6.07) is 14.3. The van der Waals surface area contributed by atoms with E-state index in [4.69, 9.17) is 32.7 Å². The monoisotopic (exact) mass is 1030 g/mol. The average molecular weight is 1030 g/mol. The van der Waals surface area contributed by atoms with Crippen molar-refractivity contribution in [2.75, 3.05) is 65.7 Å². The summed E-state index contributed by atoms with van der Waals surface area (Å²) >= 11 is 19.5. The topological polar surface area (TPSA) is 94.7 Å². The number of aromatic nitrogens is 4. The van der Waals surface area contributed by atoms with E-state index in [0.29, 0.717) is 56.5 Å². The van der Waals surface area contributed by atoms with E-state index in [0.717, 1.165) is 59.3 Å². The Balaban J connectivity index is 0.000000189. The number of rotatable bonds is 16. The largest absolute Gasteiger partial charge is 0.372 e. The van der Waals surface area contributed by atoms with E-state index < -0.39 is 11.6 Å². The number of hydrogen-bond donors (Lipinski definition) is 0. The zero-order valence-electron chi connectivity index (χ0n) is 35.4. The number of ketones is 2. The fourth-order valence-electron chi connectivity index (χ4n) is 8.14. The number of halogens is 6. The summed E-state index contributed by atoms with van der Waals surface area (Å²) < 4.78 is 47.4. The van der Waals surface area contributed by atoms with Crippen LogP contribution in [0, 0.1) is 11.6 Å². The third-order valence-corrected chi connectivity index (χ3v) is 13.4. The second kappa shape index (κ2) is 22.1. The maximum atomic E-state index is 15.5. The third kappa shape index (κ3) is 11.8. The van der Waals surface area contributed by atoms with Crippen molar-refractivity contribution in [3.8, 4) is 0 Å². The molecule has 4 aromatic carbocycles. The summed E-state index contributed by atoms with van der Waals surface area (Å²) in [6.07, 6.45) is 9.62. The van der Waals surface area contributed by atoms with E-state index in [1.807, 2.05) is 24.3 Å². The molecule has 2 aromatic heterocycles. The van der Waals surface area contributed by atoms with Gasteiger partial charge in [-0.2, -0.15) is 0 Å². The Hall–Kier alpha value is -3.60. The molecule has 0 radical (unpaired) electrons. The van der Waals surface area contributed by atoms with Gasteiger partial charge in [0.2, 0.25) is 0 Å². The van der Waals surface area contributed by atoms with Crippen LogP contribution in [0.4, 0.5) is 8.78 Å². The molecule has 2 aliphatic heterocycles. The number of carbonyl (C=O) groups is 2. The van der Waals surface area contributed by atoms with E-state index in [2.05, 4.69) is 51.6 Å². The fourth-order valence-corrected chi connectivity index (χ4v) is 9.62. The van der Waals surface area contributed by atoms with E-state index >= 15 is 8.78 Å². The molecule has 0 atom stereocenters. The second-order valence-corrected chi connectivity index (χ2v) is 18.8. The standard InChI is InChI=1S/C24H26BrClFN3O2.C23H24BrClFN3O2/c1-29-15-28-24-21(29)13-18(22(31)14-32-10-9-30-7-3-2-4-8-30)19(23(24)27)11-16-5-6-17(25)12-20(16)26;1-28-14-27-23-20(28)12-17(21(30)13-31-9-8-29-6-2-3-7-29)18(22(23)26)10-15-4-5-16(24)11-19(15)25/h5-6,12-13,15H,2-4,7-11,14H2,1H3;4-5,11-12,14H,2-3,6-10,13H2,1H3. The van der Waals surface area contributed by atoms with Gasteiger partial charge in [-0.3, -0.25) is 9.59 Å². The number of nitrogens with zero attached hydrogens (tertiary/aromatic N) is 6. The van der Waals surface area contributed by atoms with Crippen LogP contribution in [-0.2, 0) is 36.4 Å². The van der Waals surface area contributed by atoms with Crippen LogP contribution in [0.2, 0.25) is 10.0 Å². The van der Waals surface area contributed by atoms with Crippen molar-refractivity contribution < 1.29 is 27.8 Å². The SMILES string of the molecule is Cn1cnc2c(F)c(Cc3ccc(Br)cc3Cl)c(C(=O)COCCN3CCCC3)cc21.Cn1cnc2c(F)c(Cc3ccc(Br)cc3Cl)c(C(=O)COCCN3CCCCC3)cc21. The first kappa shape index (κ1) is 47.4. The quantitative estimate of drug-likeness (QED) is 0.0699. The van der Waals surface area contributed by atoms with Gasteiger partial charge in [-0.25, -0.2) is 18.7 Å².